The van der Waals surface area contributed by atoms with Gasteiger partial charge in [-0.1, -0.05) is 11.6 Å². The predicted molar refractivity (Wildman–Crippen MR) is 93.4 cm³/mol. The van der Waals surface area contributed by atoms with Gasteiger partial charge in [-0.2, -0.15) is 0 Å². The van der Waals surface area contributed by atoms with Crippen molar-refractivity contribution < 1.29 is 14.0 Å². The third-order valence-corrected chi connectivity index (χ3v) is 4.36. The molecular formula is C18H17ClFN3O2. The molecule has 3 rings (SSSR count). The van der Waals surface area contributed by atoms with Crippen LogP contribution in [0.25, 0.3) is 0 Å². The Labute approximate surface area is 149 Å². The van der Waals surface area contributed by atoms with Crippen LogP contribution in [0.2, 0.25) is 5.02 Å². The first-order valence-corrected chi connectivity index (χ1v) is 8.43. The van der Waals surface area contributed by atoms with Crippen LogP contribution in [0.5, 0.6) is 0 Å². The summed E-state index contributed by atoms with van der Waals surface area (Å²) in [5.41, 5.74) is 0.999. The molecule has 0 bridgehead atoms. The molecule has 1 aromatic heterocycles. The zero-order valence-corrected chi connectivity index (χ0v) is 14.2. The van der Waals surface area contributed by atoms with Gasteiger partial charge in [0.05, 0.1) is 16.1 Å². The van der Waals surface area contributed by atoms with Crippen molar-refractivity contribution in [1.29, 1.82) is 0 Å². The molecule has 130 valence electrons. The number of nitrogens with zero attached hydrogens (tertiary/aromatic N) is 2. The molecular weight excluding hydrogens is 345 g/mol. The second-order valence-electron chi connectivity index (χ2n) is 5.90. The van der Waals surface area contributed by atoms with Gasteiger partial charge in [0.15, 0.2) is 0 Å². The number of hydrogen-bond acceptors (Lipinski definition) is 3. The van der Waals surface area contributed by atoms with Gasteiger partial charge in [0.1, 0.15) is 5.82 Å². The minimum atomic E-state index is -0.560. The van der Waals surface area contributed by atoms with Crippen molar-refractivity contribution in [3.8, 4) is 0 Å². The number of piperidine rings is 1. The lowest BCUT2D eigenvalue weighted by Crippen LogP contribution is -2.35. The first-order chi connectivity index (χ1) is 12.0. The van der Waals surface area contributed by atoms with E-state index < -0.39 is 11.7 Å². The number of likely N-dealkylation sites (tertiary alicyclic amines) is 1. The zero-order valence-electron chi connectivity index (χ0n) is 13.5. The van der Waals surface area contributed by atoms with Gasteiger partial charge in [0, 0.05) is 31.2 Å². The topological polar surface area (TPSA) is 62.3 Å². The third-order valence-electron chi connectivity index (χ3n) is 4.07. The highest BCUT2D eigenvalue weighted by Crippen LogP contribution is 2.20. The SMILES string of the molecule is O=C(Nc1ccc(F)c(Cl)c1)c1cncc(C(=O)N2CCCCC2)c1. The molecule has 0 saturated carbocycles. The predicted octanol–water partition coefficient (Wildman–Crippen LogP) is 3.75. The number of aromatic nitrogens is 1. The maximum Gasteiger partial charge on any atom is 0.257 e. The maximum atomic E-state index is 13.2. The number of pyridine rings is 1. The minimum absolute atomic E-state index is 0.0787. The fourth-order valence-corrected chi connectivity index (χ4v) is 2.92. The summed E-state index contributed by atoms with van der Waals surface area (Å²) < 4.78 is 13.2. The molecule has 2 aromatic rings. The molecule has 0 aliphatic carbocycles. The van der Waals surface area contributed by atoms with Gasteiger partial charge in [-0.05, 0) is 43.5 Å². The van der Waals surface area contributed by atoms with Gasteiger partial charge < -0.3 is 10.2 Å². The van der Waals surface area contributed by atoms with Crippen molar-refractivity contribution in [3.63, 3.8) is 0 Å². The second-order valence-corrected chi connectivity index (χ2v) is 6.31. The fourth-order valence-electron chi connectivity index (χ4n) is 2.74. The van der Waals surface area contributed by atoms with E-state index in [0.29, 0.717) is 11.3 Å². The summed E-state index contributed by atoms with van der Waals surface area (Å²) in [5, 5.41) is 2.54. The Bertz CT molecular complexity index is 807. The summed E-state index contributed by atoms with van der Waals surface area (Å²) in [6.07, 6.45) is 5.95. The Hall–Kier alpha value is -2.47. The summed E-state index contributed by atoms with van der Waals surface area (Å²) in [5.74, 6) is -1.12. The quantitative estimate of drug-likeness (QED) is 0.905. The average molecular weight is 362 g/mol. The van der Waals surface area contributed by atoms with Crippen molar-refractivity contribution in [1.82, 2.24) is 9.88 Å². The van der Waals surface area contributed by atoms with Crippen LogP contribution in [0.1, 0.15) is 40.0 Å². The van der Waals surface area contributed by atoms with Gasteiger partial charge in [-0.25, -0.2) is 4.39 Å². The molecule has 0 radical (unpaired) electrons. The normalized spacial score (nSPS) is 14.2. The zero-order chi connectivity index (χ0) is 17.8. The highest BCUT2D eigenvalue weighted by molar-refractivity contribution is 6.31. The monoisotopic (exact) mass is 361 g/mol. The van der Waals surface area contributed by atoms with Crippen LogP contribution in [0.3, 0.4) is 0 Å². The molecule has 5 nitrogen and oxygen atoms in total. The van der Waals surface area contributed by atoms with Crippen LogP contribution in [-0.4, -0.2) is 34.8 Å². The highest BCUT2D eigenvalue weighted by Gasteiger charge is 2.19. The Balaban J connectivity index is 1.74. The van der Waals surface area contributed by atoms with Gasteiger partial charge in [-0.3, -0.25) is 14.6 Å². The lowest BCUT2D eigenvalue weighted by atomic mass is 10.1. The number of benzene rings is 1. The van der Waals surface area contributed by atoms with Crippen molar-refractivity contribution in [2.24, 2.45) is 0 Å². The number of amides is 2. The summed E-state index contributed by atoms with van der Waals surface area (Å²) in [7, 11) is 0. The number of halogens is 2. The molecule has 0 unspecified atom stereocenters. The number of carbonyl (C=O) groups is 2. The van der Waals surface area contributed by atoms with E-state index in [9.17, 15) is 14.0 Å². The van der Waals surface area contributed by atoms with Gasteiger partial charge in [-0.15, -0.1) is 0 Å². The van der Waals surface area contributed by atoms with Gasteiger partial charge >= 0.3 is 0 Å². The first-order valence-electron chi connectivity index (χ1n) is 8.05. The fraction of sp³-hybridized carbons (Fsp3) is 0.278. The van der Waals surface area contributed by atoms with Crippen LogP contribution in [-0.2, 0) is 0 Å². The number of anilines is 1. The van der Waals surface area contributed by atoms with E-state index in [-0.39, 0.29) is 16.5 Å². The second kappa shape index (κ2) is 7.61. The molecule has 1 aromatic carbocycles. The number of hydrogen-bond donors (Lipinski definition) is 1. The Morgan fingerprint density at radius 2 is 1.80 bits per heavy atom. The largest absolute Gasteiger partial charge is 0.339 e. The molecule has 2 heterocycles. The molecule has 1 aliphatic heterocycles. The van der Waals surface area contributed by atoms with Crippen LogP contribution in [0.4, 0.5) is 10.1 Å². The van der Waals surface area contributed by atoms with E-state index in [1.54, 1.807) is 4.90 Å². The average Bonchev–Trinajstić information content (AvgIpc) is 2.65. The molecule has 1 fully saturated rings. The molecule has 1 N–H and O–H groups in total. The van der Waals surface area contributed by atoms with E-state index in [2.05, 4.69) is 10.3 Å². The Kier molecular flexibility index (Phi) is 5.28. The lowest BCUT2D eigenvalue weighted by molar-refractivity contribution is 0.0724. The molecule has 1 aliphatic rings. The summed E-state index contributed by atoms with van der Waals surface area (Å²) in [6.45, 7) is 1.45. The Morgan fingerprint density at radius 3 is 2.52 bits per heavy atom. The molecule has 2 amide bonds. The number of rotatable bonds is 3. The molecule has 0 atom stereocenters. The van der Waals surface area contributed by atoms with E-state index >= 15 is 0 Å². The van der Waals surface area contributed by atoms with Gasteiger partial charge in [0.2, 0.25) is 0 Å². The van der Waals surface area contributed by atoms with Crippen molar-refractivity contribution in [3.05, 3.63) is 58.6 Å². The standard InChI is InChI=1S/C18H17ClFN3O2/c19-15-9-14(4-5-16(15)20)22-17(24)12-8-13(11-21-10-12)18(25)23-6-2-1-3-7-23/h4-5,8-11H,1-3,6-7H2,(H,22,24). The van der Waals surface area contributed by atoms with E-state index in [0.717, 1.165) is 32.4 Å². The maximum absolute atomic E-state index is 13.2. The first kappa shape index (κ1) is 17.4. The van der Waals surface area contributed by atoms with Crippen LogP contribution < -0.4 is 5.32 Å². The highest BCUT2D eigenvalue weighted by atomic mass is 35.5. The van der Waals surface area contributed by atoms with Crippen LogP contribution in [0, 0.1) is 5.82 Å². The van der Waals surface area contributed by atoms with Crippen LogP contribution in [0.15, 0.2) is 36.7 Å². The number of carbonyl (C=O) groups excluding carboxylic acids is 2. The van der Waals surface area contributed by atoms with E-state index in [1.165, 1.54) is 36.7 Å². The molecule has 25 heavy (non-hydrogen) atoms. The summed E-state index contributed by atoms with van der Waals surface area (Å²) in [4.78, 5) is 30.6. The lowest BCUT2D eigenvalue weighted by Gasteiger charge is -2.26. The van der Waals surface area contributed by atoms with Crippen molar-refractivity contribution in [2.75, 3.05) is 18.4 Å². The summed E-state index contributed by atoms with van der Waals surface area (Å²) >= 11 is 5.71. The minimum Gasteiger partial charge on any atom is -0.339 e. The van der Waals surface area contributed by atoms with Crippen molar-refractivity contribution >= 4 is 29.1 Å². The smallest absolute Gasteiger partial charge is 0.257 e. The van der Waals surface area contributed by atoms with Gasteiger partial charge in [0.25, 0.3) is 11.8 Å². The third kappa shape index (κ3) is 4.14. The Morgan fingerprint density at radius 1 is 1.08 bits per heavy atom. The van der Waals surface area contributed by atoms with E-state index in [4.69, 9.17) is 11.6 Å². The van der Waals surface area contributed by atoms with E-state index in [1.807, 2.05) is 0 Å². The summed E-state index contributed by atoms with van der Waals surface area (Å²) in [6, 6.07) is 5.43. The molecule has 7 heteroatoms. The van der Waals surface area contributed by atoms with Crippen molar-refractivity contribution in [2.45, 2.75) is 19.3 Å². The van der Waals surface area contributed by atoms with Crippen LogP contribution >= 0.6 is 11.6 Å². The molecule has 0 spiro atoms. The molecule has 1 saturated heterocycles. The number of nitrogens with one attached hydrogen (secondary N) is 1.